The molecular formula is C22H23ClN2OS2. The maximum absolute atomic E-state index is 12.4. The van der Waals surface area contributed by atoms with Crippen LogP contribution in [0.25, 0.3) is 0 Å². The third kappa shape index (κ3) is 4.77. The van der Waals surface area contributed by atoms with E-state index in [1.54, 1.807) is 11.8 Å². The van der Waals surface area contributed by atoms with Gasteiger partial charge in [0.1, 0.15) is 0 Å². The fourth-order valence-electron chi connectivity index (χ4n) is 3.08. The minimum atomic E-state index is -0.0951. The monoisotopic (exact) mass is 430 g/mol. The maximum Gasteiger partial charge on any atom is 0.230 e. The van der Waals surface area contributed by atoms with Crippen LogP contribution in [0.5, 0.6) is 0 Å². The smallest absolute Gasteiger partial charge is 0.230 e. The summed E-state index contributed by atoms with van der Waals surface area (Å²) in [5.41, 5.74) is 6.38. The second kappa shape index (κ2) is 9.12. The van der Waals surface area contributed by atoms with Crippen LogP contribution in [0.1, 0.15) is 34.9 Å². The number of amides is 1. The molecule has 0 N–H and O–H groups in total. The lowest BCUT2D eigenvalue weighted by molar-refractivity contribution is -0.115. The number of carbonyl (C=O) groups is 1. The summed E-state index contributed by atoms with van der Waals surface area (Å²) in [4.78, 5) is 18.7. The lowest BCUT2D eigenvalue weighted by atomic mass is 10.1. The third-order valence-corrected chi connectivity index (χ3v) is 6.61. The first-order chi connectivity index (χ1) is 13.4. The number of rotatable bonds is 6. The molecule has 0 spiro atoms. The molecule has 0 unspecified atom stereocenters. The number of aromatic nitrogens is 1. The average molecular weight is 431 g/mol. The summed E-state index contributed by atoms with van der Waals surface area (Å²) < 4.78 is 0. The Labute approximate surface area is 179 Å². The van der Waals surface area contributed by atoms with Gasteiger partial charge in [-0.2, -0.15) is 11.8 Å². The molecule has 0 aliphatic heterocycles. The molecule has 1 amide bonds. The minimum Gasteiger partial charge on any atom is -0.274 e. The van der Waals surface area contributed by atoms with Crippen LogP contribution in [-0.4, -0.2) is 10.9 Å². The van der Waals surface area contributed by atoms with E-state index in [2.05, 4.69) is 31.2 Å². The Morgan fingerprint density at radius 1 is 1.14 bits per heavy atom. The van der Waals surface area contributed by atoms with E-state index in [0.717, 1.165) is 28.3 Å². The molecule has 28 heavy (non-hydrogen) atoms. The van der Waals surface area contributed by atoms with Crippen LogP contribution < -0.4 is 4.90 Å². The maximum atomic E-state index is 12.4. The van der Waals surface area contributed by atoms with E-state index in [0.29, 0.717) is 15.8 Å². The van der Waals surface area contributed by atoms with E-state index >= 15 is 0 Å². The number of aryl methyl sites for hydroxylation is 3. The van der Waals surface area contributed by atoms with E-state index in [4.69, 9.17) is 16.6 Å². The zero-order valence-corrected chi connectivity index (χ0v) is 18.8. The van der Waals surface area contributed by atoms with Crippen molar-refractivity contribution >= 4 is 51.4 Å². The zero-order valence-electron chi connectivity index (χ0n) is 16.5. The van der Waals surface area contributed by atoms with Crippen molar-refractivity contribution in [3.05, 3.63) is 74.7 Å². The van der Waals surface area contributed by atoms with Crippen LogP contribution in [0.2, 0.25) is 5.02 Å². The average Bonchev–Trinajstić information content (AvgIpc) is 3.07. The predicted octanol–water partition coefficient (Wildman–Crippen LogP) is 6.84. The lowest BCUT2D eigenvalue weighted by Gasteiger charge is -2.22. The molecule has 0 saturated heterocycles. The van der Waals surface area contributed by atoms with Gasteiger partial charge in [-0.1, -0.05) is 41.9 Å². The summed E-state index contributed by atoms with van der Waals surface area (Å²) in [7, 11) is 0. The van der Waals surface area contributed by atoms with Gasteiger partial charge in [0.25, 0.3) is 0 Å². The predicted molar refractivity (Wildman–Crippen MR) is 122 cm³/mol. The molecule has 3 aromatic rings. The third-order valence-electron chi connectivity index (χ3n) is 4.44. The largest absolute Gasteiger partial charge is 0.274 e. The molecule has 1 heterocycles. The zero-order chi connectivity index (χ0) is 20.3. The normalized spacial score (nSPS) is 10.9. The summed E-state index contributed by atoms with van der Waals surface area (Å²) in [6.07, 6.45) is 0. The van der Waals surface area contributed by atoms with E-state index in [1.165, 1.54) is 22.5 Å². The van der Waals surface area contributed by atoms with Gasteiger partial charge in [0.05, 0.1) is 16.4 Å². The van der Waals surface area contributed by atoms with Crippen molar-refractivity contribution in [2.75, 3.05) is 4.90 Å². The van der Waals surface area contributed by atoms with E-state index in [9.17, 15) is 4.79 Å². The van der Waals surface area contributed by atoms with Crippen molar-refractivity contribution in [1.82, 2.24) is 4.98 Å². The molecule has 0 saturated carbocycles. The number of thioether (sulfide) groups is 1. The molecule has 0 fully saturated rings. The van der Waals surface area contributed by atoms with Crippen molar-refractivity contribution in [2.24, 2.45) is 0 Å². The molecule has 0 radical (unpaired) electrons. The van der Waals surface area contributed by atoms with Crippen molar-refractivity contribution in [1.29, 1.82) is 0 Å². The SMILES string of the molecule is CC(=O)N(c1nc(CSCc2ccccc2C)cs1)c1c(C)cc(C)cc1Cl. The Bertz CT molecular complexity index is 977. The Kier molecular flexibility index (Phi) is 6.81. The number of thiazole rings is 1. The van der Waals surface area contributed by atoms with E-state index < -0.39 is 0 Å². The minimum absolute atomic E-state index is 0.0951. The number of anilines is 2. The van der Waals surface area contributed by atoms with Crippen LogP contribution in [-0.2, 0) is 16.3 Å². The van der Waals surface area contributed by atoms with Gasteiger partial charge in [0.15, 0.2) is 5.13 Å². The van der Waals surface area contributed by atoms with E-state index in [1.807, 2.05) is 43.1 Å². The van der Waals surface area contributed by atoms with Gasteiger partial charge >= 0.3 is 0 Å². The van der Waals surface area contributed by atoms with Gasteiger partial charge in [-0.3, -0.25) is 9.69 Å². The molecule has 3 rings (SSSR count). The van der Waals surface area contributed by atoms with Gasteiger partial charge in [-0.05, 0) is 49.1 Å². The number of nitrogens with zero attached hydrogens (tertiary/aromatic N) is 2. The molecule has 146 valence electrons. The molecule has 0 bridgehead atoms. The van der Waals surface area contributed by atoms with Crippen LogP contribution >= 0.6 is 34.7 Å². The first kappa shape index (κ1) is 20.9. The highest BCUT2D eigenvalue weighted by Gasteiger charge is 2.22. The van der Waals surface area contributed by atoms with Crippen LogP contribution in [0.3, 0.4) is 0 Å². The van der Waals surface area contributed by atoms with Crippen molar-refractivity contribution in [3.63, 3.8) is 0 Å². The second-order valence-electron chi connectivity index (χ2n) is 6.81. The molecule has 0 aliphatic carbocycles. The van der Waals surface area contributed by atoms with Crippen molar-refractivity contribution < 1.29 is 4.79 Å². The van der Waals surface area contributed by atoms with Crippen molar-refractivity contribution in [3.8, 4) is 0 Å². The van der Waals surface area contributed by atoms with E-state index in [-0.39, 0.29) is 5.91 Å². The highest BCUT2D eigenvalue weighted by atomic mass is 35.5. The van der Waals surface area contributed by atoms with Crippen molar-refractivity contribution in [2.45, 2.75) is 39.2 Å². The topological polar surface area (TPSA) is 33.2 Å². The Hall–Kier alpha value is -1.82. The first-order valence-electron chi connectivity index (χ1n) is 9.01. The van der Waals surface area contributed by atoms with Crippen LogP contribution in [0, 0.1) is 20.8 Å². The molecule has 1 aromatic heterocycles. The summed E-state index contributed by atoms with van der Waals surface area (Å²) >= 11 is 9.78. The molecular weight excluding hydrogens is 408 g/mol. The molecule has 6 heteroatoms. The van der Waals surface area contributed by atoms with Crippen LogP contribution in [0.15, 0.2) is 41.8 Å². The lowest BCUT2D eigenvalue weighted by Crippen LogP contribution is -2.24. The standard InChI is InChI=1S/C22H23ClN2OS2/c1-14-9-16(3)21(20(23)10-14)25(17(4)26)22-24-19(13-28-22)12-27-11-18-8-6-5-7-15(18)2/h5-10,13H,11-12H2,1-4H3. The fourth-order valence-corrected chi connectivity index (χ4v) is 5.47. The summed E-state index contributed by atoms with van der Waals surface area (Å²) in [6.45, 7) is 7.64. The van der Waals surface area contributed by atoms with Gasteiger partial charge < -0.3 is 0 Å². The Balaban J connectivity index is 1.77. The Morgan fingerprint density at radius 3 is 2.57 bits per heavy atom. The van der Waals surface area contributed by atoms with Gasteiger partial charge in [-0.25, -0.2) is 4.98 Å². The fraction of sp³-hybridized carbons (Fsp3) is 0.273. The molecule has 3 nitrogen and oxygen atoms in total. The molecule has 0 aliphatic rings. The highest BCUT2D eigenvalue weighted by Crippen LogP contribution is 2.37. The second-order valence-corrected chi connectivity index (χ2v) is 9.04. The molecule has 0 atom stereocenters. The number of carbonyl (C=O) groups excluding carboxylic acids is 1. The number of hydrogen-bond acceptors (Lipinski definition) is 4. The van der Waals surface area contributed by atoms with Crippen LogP contribution in [0.4, 0.5) is 10.8 Å². The Morgan fingerprint density at radius 2 is 1.89 bits per heavy atom. The summed E-state index contributed by atoms with van der Waals surface area (Å²) in [6, 6.07) is 12.3. The number of benzene rings is 2. The molecule has 2 aromatic carbocycles. The number of hydrogen-bond donors (Lipinski definition) is 0. The quantitative estimate of drug-likeness (QED) is 0.429. The summed E-state index contributed by atoms with van der Waals surface area (Å²) in [5, 5.41) is 3.25. The van der Waals surface area contributed by atoms with Gasteiger partial charge in [0.2, 0.25) is 5.91 Å². The highest BCUT2D eigenvalue weighted by molar-refractivity contribution is 7.97. The van der Waals surface area contributed by atoms with Gasteiger partial charge in [0, 0.05) is 23.8 Å². The summed E-state index contributed by atoms with van der Waals surface area (Å²) in [5.74, 6) is 1.65. The van der Waals surface area contributed by atoms with Gasteiger partial charge in [-0.15, -0.1) is 11.3 Å². The number of halogens is 1. The first-order valence-corrected chi connectivity index (χ1v) is 11.4.